The van der Waals surface area contributed by atoms with E-state index in [1.165, 1.54) is 13.8 Å². The van der Waals surface area contributed by atoms with Gasteiger partial charge in [0.1, 0.15) is 10.6 Å². The maximum Gasteiger partial charge on any atom is 0.413 e. The SMILES string of the molecule is CC(C)(/C=N/O)S(C)(=O)=O.CN(C(=O)O)C(=O)CCl. The summed E-state index contributed by atoms with van der Waals surface area (Å²) in [7, 11) is -2.03. The molecule has 8 nitrogen and oxygen atoms in total. The summed E-state index contributed by atoms with van der Waals surface area (Å²) in [5.74, 6) is -0.924. The second kappa shape index (κ2) is 7.95. The Hall–Kier alpha value is -1.35. The molecule has 0 aromatic heterocycles. The van der Waals surface area contributed by atoms with E-state index >= 15 is 0 Å². The summed E-state index contributed by atoms with van der Waals surface area (Å²) in [4.78, 5) is 20.8. The minimum absolute atomic E-state index is 0.303. The summed E-state index contributed by atoms with van der Waals surface area (Å²) in [6, 6.07) is 0. The van der Waals surface area contributed by atoms with Crippen molar-refractivity contribution in [1.82, 2.24) is 4.90 Å². The Balaban J connectivity index is 0. The predicted octanol–water partition coefficient (Wildman–Crippen LogP) is 0.631. The molecule has 0 unspecified atom stereocenters. The summed E-state index contributed by atoms with van der Waals surface area (Å²) in [5, 5.41) is 18.9. The number of imide groups is 1. The molecular formula is C9H17ClN2O6S. The van der Waals surface area contributed by atoms with Crippen molar-refractivity contribution in [3.63, 3.8) is 0 Å². The van der Waals surface area contributed by atoms with Crippen molar-refractivity contribution < 1.29 is 28.3 Å². The van der Waals surface area contributed by atoms with Gasteiger partial charge in [-0.2, -0.15) is 0 Å². The molecule has 2 N–H and O–H groups in total. The zero-order valence-corrected chi connectivity index (χ0v) is 12.6. The first kappa shape index (κ1) is 20.0. The summed E-state index contributed by atoms with van der Waals surface area (Å²) < 4.78 is 20.6. The number of nitrogens with zero attached hydrogens (tertiary/aromatic N) is 2. The molecule has 0 aromatic carbocycles. The number of halogens is 1. The van der Waals surface area contributed by atoms with Crippen molar-refractivity contribution in [3.8, 4) is 0 Å². The van der Waals surface area contributed by atoms with Gasteiger partial charge in [-0.25, -0.2) is 18.1 Å². The van der Waals surface area contributed by atoms with Gasteiger partial charge in [-0.1, -0.05) is 0 Å². The van der Waals surface area contributed by atoms with Crippen molar-refractivity contribution in [2.75, 3.05) is 19.2 Å². The summed E-state index contributed by atoms with van der Waals surface area (Å²) in [6.45, 7) is 2.92. The Bertz CT molecular complexity index is 446. The Kier molecular flexibility index (Phi) is 8.36. The molecule has 0 heterocycles. The molecule has 0 aliphatic heterocycles. The van der Waals surface area contributed by atoms with Gasteiger partial charge in [0.2, 0.25) is 5.91 Å². The number of carbonyl (C=O) groups excluding carboxylic acids is 1. The van der Waals surface area contributed by atoms with Crippen LogP contribution in [0.15, 0.2) is 5.16 Å². The highest BCUT2D eigenvalue weighted by atomic mass is 35.5. The Labute approximate surface area is 116 Å². The Morgan fingerprint density at radius 3 is 1.95 bits per heavy atom. The fraction of sp³-hybridized carbons (Fsp3) is 0.667. The van der Waals surface area contributed by atoms with E-state index in [-0.39, 0.29) is 5.88 Å². The van der Waals surface area contributed by atoms with Gasteiger partial charge in [-0.3, -0.25) is 4.79 Å². The van der Waals surface area contributed by atoms with E-state index in [0.717, 1.165) is 19.5 Å². The predicted molar refractivity (Wildman–Crippen MR) is 70.7 cm³/mol. The second-order valence-corrected chi connectivity index (χ2v) is 6.85. The smallest absolute Gasteiger partial charge is 0.413 e. The van der Waals surface area contributed by atoms with Gasteiger partial charge in [0.15, 0.2) is 9.84 Å². The molecular weight excluding hydrogens is 300 g/mol. The monoisotopic (exact) mass is 316 g/mol. The minimum atomic E-state index is -3.17. The molecule has 2 amide bonds. The average molecular weight is 317 g/mol. The fourth-order valence-corrected chi connectivity index (χ4v) is 0.849. The molecule has 10 heteroatoms. The molecule has 0 bridgehead atoms. The molecule has 0 rings (SSSR count). The average Bonchev–Trinajstić information content (AvgIpc) is 2.26. The van der Waals surface area contributed by atoms with Crippen LogP contribution in [0.4, 0.5) is 4.79 Å². The van der Waals surface area contributed by atoms with Crippen LogP contribution in [0.1, 0.15) is 13.8 Å². The van der Waals surface area contributed by atoms with Crippen LogP contribution in [0.25, 0.3) is 0 Å². The topological polar surface area (TPSA) is 124 Å². The lowest BCUT2D eigenvalue weighted by Crippen LogP contribution is -2.32. The molecule has 0 aromatic rings. The molecule has 112 valence electrons. The van der Waals surface area contributed by atoms with Gasteiger partial charge in [0.05, 0.1) is 6.21 Å². The number of hydrogen-bond acceptors (Lipinski definition) is 6. The van der Waals surface area contributed by atoms with Crippen LogP contribution in [-0.4, -0.2) is 65.8 Å². The van der Waals surface area contributed by atoms with E-state index < -0.39 is 26.6 Å². The lowest BCUT2D eigenvalue weighted by Gasteiger charge is -2.14. The second-order valence-electron chi connectivity index (χ2n) is 3.99. The van der Waals surface area contributed by atoms with Gasteiger partial charge in [0.25, 0.3) is 0 Å². The van der Waals surface area contributed by atoms with Crippen LogP contribution in [-0.2, 0) is 14.6 Å². The molecule has 0 aliphatic carbocycles. The third kappa shape index (κ3) is 7.62. The third-order valence-corrected chi connectivity index (χ3v) is 4.35. The van der Waals surface area contributed by atoms with Crippen molar-refractivity contribution >= 4 is 39.7 Å². The number of carbonyl (C=O) groups is 2. The first-order chi connectivity index (χ1) is 8.40. The fourth-order valence-electron chi connectivity index (χ4n) is 0.431. The number of hydrogen-bond donors (Lipinski definition) is 2. The van der Waals surface area contributed by atoms with Crippen molar-refractivity contribution in [2.45, 2.75) is 18.6 Å². The number of alkyl halides is 1. The first-order valence-electron chi connectivity index (χ1n) is 4.84. The number of sulfone groups is 1. The molecule has 0 atom stereocenters. The Morgan fingerprint density at radius 2 is 1.84 bits per heavy atom. The molecule has 0 saturated carbocycles. The quantitative estimate of drug-likeness (QED) is 0.340. The van der Waals surface area contributed by atoms with Crippen molar-refractivity contribution in [1.29, 1.82) is 0 Å². The van der Waals surface area contributed by atoms with Crippen molar-refractivity contribution in [2.24, 2.45) is 5.16 Å². The lowest BCUT2D eigenvalue weighted by atomic mass is 10.2. The van der Waals surface area contributed by atoms with Crippen LogP contribution in [0, 0.1) is 0 Å². The van der Waals surface area contributed by atoms with Gasteiger partial charge < -0.3 is 10.3 Å². The number of rotatable bonds is 3. The van der Waals surface area contributed by atoms with E-state index in [2.05, 4.69) is 5.16 Å². The van der Waals surface area contributed by atoms with Gasteiger partial charge in [-0.15, -0.1) is 16.8 Å². The van der Waals surface area contributed by atoms with Crippen LogP contribution >= 0.6 is 11.6 Å². The van der Waals surface area contributed by atoms with E-state index in [4.69, 9.17) is 21.9 Å². The maximum absolute atomic E-state index is 10.8. The number of amides is 2. The number of carboxylic acid groups (broad SMARTS) is 1. The molecule has 0 radical (unpaired) electrons. The van der Waals surface area contributed by atoms with Crippen LogP contribution in [0.2, 0.25) is 0 Å². The van der Waals surface area contributed by atoms with E-state index in [1.54, 1.807) is 0 Å². The standard InChI is InChI=1S/C5H11NO3S.C4H6ClNO3/c1-5(2,4-6-7)10(3,8)9;1-6(4(8)9)3(7)2-5/h4,7H,1-3H3;2H2,1H3,(H,8,9)/b6-4+;. The minimum Gasteiger partial charge on any atom is -0.465 e. The highest BCUT2D eigenvalue weighted by molar-refractivity contribution is 7.92. The lowest BCUT2D eigenvalue weighted by molar-refractivity contribution is -0.125. The van der Waals surface area contributed by atoms with Crippen molar-refractivity contribution in [3.05, 3.63) is 0 Å². The van der Waals surface area contributed by atoms with Crippen LogP contribution in [0.3, 0.4) is 0 Å². The highest BCUT2D eigenvalue weighted by Crippen LogP contribution is 2.11. The number of oxime groups is 1. The van der Waals surface area contributed by atoms with Gasteiger partial charge >= 0.3 is 6.09 Å². The van der Waals surface area contributed by atoms with E-state index in [0.29, 0.717) is 4.90 Å². The largest absolute Gasteiger partial charge is 0.465 e. The molecule has 0 fully saturated rings. The van der Waals surface area contributed by atoms with Crippen LogP contribution in [0.5, 0.6) is 0 Å². The molecule has 0 saturated heterocycles. The molecule has 19 heavy (non-hydrogen) atoms. The summed E-state index contributed by atoms with van der Waals surface area (Å²) in [6.07, 6.45) is 0.789. The highest BCUT2D eigenvalue weighted by Gasteiger charge is 2.28. The summed E-state index contributed by atoms with van der Waals surface area (Å²) in [5.41, 5.74) is 0. The molecule has 0 spiro atoms. The molecule has 0 aliphatic rings. The van der Waals surface area contributed by atoms with E-state index in [9.17, 15) is 18.0 Å². The first-order valence-corrected chi connectivity index (χ1v) is 7.27. The zero-order valence-electron chi connectivity index (χ0n) is 11.0. The maximum atomic E-state index is 10.8. The van der Waals surface area contributed by atoms with E-state index in [1.807, 2.05) is 0 Å². The van der Waals surface area contributed by atoms with Crippen LogP contribution < -0.4 is 0 Å². The normalized spacial score (nSPS) is 11.6. The zero-order chi connectivity index (χ0) is 15.9. The van der Waals surface area contributed by atoms with Gasteiger partial charge in [-0.05, 0) is 13.8 Å². The third-order valence-electron chi connectivity index (χ3n) is 2.10. The summed E-state index contributed by atoms with van der Waals surface area (Å²) >= 11 is 5.04. The van der Waals surface area contributed by atoms with Gasteiger partial charge in [0, 0.05) is 13.3 Å². The Morgan fingerprint density at radius 1 is 1.42 bits per heavy atom.